The Morgan fingerprint density at radius 3 is 2.45 bits per heavy atom. The molecule has 0 fully saturated rings. The maximum Gasteiger partial charge on any atom is 0.263 e. The third kappa shape index (κ3) is 4.03. The summed E-state index contributed by atoms with van der Waals surface area (Å²) in [4.78, 5) is 32.3. The number of anilines is 1. The molecular weight excluding hydrogens is 406 g/mol. The lowest BCUT2D eigenvalue weighted by Crippen LogP contribution is -2.28. The molecule has 0 saturated carbocycles. The van der Waals surface area contributed by atoms with E-state index in [1.54, 1.807) is 0 Å². The molecule has 0 unspecified atom stereocenters. The number of fused-ring (bicyclic) bond motifs is 1. The molecule has 158 valence electrons. The van der Waals surface area contributed by atoms with Crippen LogP contribution in [0, 0.1) is 34.6 Å². The van der Waals surface area contributed by atoms with Crippen LogP contribution in [0.2, 0.25) is 0 Å². The van der Waals surface area contributed by atoms with Gasteiger partial charge >= 0.3 is 0 Å². The molecule has 0 aliphatic heterocycles. The van der Waals surface area contributed by atoms with Crippen molar-refractivity contribution in [3.05, 3.63) is 80.2 Å². The van der Waals surface area contributed by atoms with Crippen LogP contribution < -0.4 is 10.9 Å². The summed E-state index contributed by atoms with van der Waals surface area (Å²) in [6, 6.07) is 12.1. The predicted molar refractivity (Wildman–Crippen MR) is 128 cm³/mol. The highest BCUT2D eigenvalue weighted by Gasteiger charge is 2.19. The number of aromatic nitrogens is 2. The van der Waals surface area contributed by atoms with E-state index in [-0.39, 0.29) is 18.0 Å². The van der Waals surface area contributed by atoms with E-state index in [0.717, 1.165) is 43.9 Å². The lowest BCUT2D eigenvalue weighted by atomic mass is 9.97. The minimum atomic E-state index is -0.254. The highest BCUT2D eigenvalue weighted by molar-refractivity contribution is 7.19. The highest BCUT2D eigenvalue weighted by Crippen LogP contribution is 2.37. The molecule has 0 atom stereocenters. The standard InChI is InChI=1S/C25H25N3O2S/c1-14-7-9-20(17(4)10-14)27-21(29)12-28-13-26-24-23(25(28)30)22(18(5)31-24)19-11-15(2)6-8-16(19)3/h6-11,13H,12H2,1-5H3,(H,27,29). The summed E-state index contributed by atoms with van der Waals surface area (Å²) in [5.74, 6) is -0.254. The number of hydrogen-bond donors (Lipinski definition) is 1. The quantitative estimate of drug-likeness (QED) is 0.476. The fourth-order valence-corrected chi connectivity index (χ4v) is 4.87. The van der Waals surface area contributed by atoms with Crippen LogP contribution in [0.15, 0.2) is 47.5 Å². The maximum absolute atomic E-state index is 13.4. The zero-order valence-electron chi connectivity index (χ0n) is 18.4. The summed E-state index contributed by atoms with van der Waals surface area (Å²) in [5, 5.41) is 3.49. The fourth-order valence-electron chi connectivity index (χ4n) is 3.88. The third-order valence-corrected chi connectivity index (χ3v) is 6.50. The Hall–Kier alpha value is -3.25. The number of nitrogens with zero attached hydrogens (tertiary/aromatic N) is 2. The average molecular weight is 432 g/mol. The van der Waals surface area contributed by atoms with Gasteiger partial charge in [0.25, 0.3) is 5.56 Å². The van der Waals surface area contributed by atoms with E-state index in [9.17, 15) is 9.59 Å². The second kappa shape index (κ2) is 8.12. The molecule has 2 aromatic carbocycles. The topological polar surface area (TPSA) is 64.0 Å². The molecule has 2 heterocycles. The summed E-state index contributed by atoms with van der Waals surface area (Å²) < 4.78 is 1.39. The first-order valence-electron chi connectivity index (χ1n) is 10.2. The first-order chi connectivity index (χ1) is 14.7. The van der Waals surface area contributed by atoms with Crippen LogP contribution in [0.3, 0.4) is 0 Å². The fraction of sp³-hybridized carbons (Fsp3) is 0.240. The van der Waals surface area contributed by atoms with E-state index in [2.05, 4.69) is 28.5 Å². The molecule has 5 nitrogen and oxygen atoms in total. The van der Waals surface area contributed by atoms with Gasteiger partial charge in [-0.2, -0.15) is 0 Å². The molecule has 2 aromatic heterocycles. The van der Waals surface area contributed by atoms with E-state index in [0.29, 0.717) is 10.2 Å². The van der Waals surface area contributed by atoms with Gasteiger partial charge in [-0.3, -0.25) is 14.2 Å². The van der Waals surface area contributed by atoms with Gasteiger partial charge in [-0.05, 0) is 57.4 Å². The van der Waals surface area contributed by atoms with Crippen LogP contribution in [0.25, 0.3) is 21.3 Å². The number of benzene rings is 2. The SMILES string of the molecule is Cc1ccc(NC(=O)Cn2cnc3sc(C)c(-c4cc(C)ccc4C)c3c2=O)c(C)c1. The highest BCUT2D eigenvalue weighted by atomic mass is 32.1. The third-order valence-electron chi connectivity index (χ3n) is 5.49. The number of carbonyl (C=O) groups is 1. The molecule has 4 rings (SSSR count). The molecule has 4 aromatic rings. The van der Waals surface area contributed by atoms with Crippen molar-refractivity contribution in [2.45, 2.75) is 41.2 Å². The van der Waals surface area contributed by atoms with Gasteiger partial charge in [-0.25, -0.2) is 4.98 Å². The number of hydrogen-bond acceptors (Lipinski definition) is 4. The second-order valence-corrected chi connectivity index (χ2v) is 9.28. The Balaban J connectivity index is 1.73. The number of thiophene rings is 1. The number of amides is 1. The minimum absolute atomic E-state index is 0.0871. The van der Waals surface area contributed by atoms with Crippen molar-refractivity contribution in [3.63, 3.8) is 0 Å². The summed E-state index contributed by atoms with van der Waals surface area (Å²) >= 11 is 1.51. The molecule has 0 aliphatic carbocycles. The van der Waals surface area contributed by atoms with E-state index >= 15 is 0 Å². The minimum Gasteiger partial charge on any atom is -0.324 e. The average Bonchev–Trinajstić information content (AvgIpc) is 3.05. The van der Waals surface area contributed by atoms with Gasteiger partial charge < -0.3 is 5.32 Å². The first kappa shape index (κ1) is 21.0. The normalized spacial score (nSPS) is 11.1. The van der Waals surface area contributed by atoms with Crippen molar-refractivity contribution in [3.8, 4) is 11.1 Å². The van der Waals surface area contributed by atoms with Crippen LogP contribution in [-0.2, 0) is 11.3 Å². The maximum atomic E-state index is 13.4. The Morgan fingerprint density at radius 1 is 1.00 bits per heavy atom. The molecule has 0 spiro atoms. The zero-order chi connectivity index (χ0) is 22.3. The molecule has 6 heteroatoms. The Labute approximate surface area is 185 Å². The van der Waals surface area contributed by atoms with Crippen LogP contribution >= 0.6 is 11.3 Å². The van der Waals surface area contributed by atoms with Gasteiger partial charge in [0.2, 0.25) is 5.91 Å². The zero-order valence-corrected chi connectivity index (χ0v) is 19.2. The van der Waals surface area contributed by atoms with Gasteiger partial charge in [-0.15, -0.1) is 11.3 Å². The molecule has 31 heavy (non-hydrogen) atoms. The van der Waals surface area contributed by atoms with Crippen LogP contribution in [0.5, 0.6) is 0 Å². The van der Waals surface area contributed by atoms with Gasteiger partial charge in [0.15, 0.2) is 0 Å². The largest absolute Gasteiger partial charge is 0.324 e. The Kier molecular flexibility index (Phi) is 5.50. The summed E-state index contributed by atoms with van der Waals surface area (Å²) in [6.07, 6.45) is 1.47. The summed E-state index contributed by atoms with van der Waals surface area (Å²) in [7, 11) is 0. The van der Waals surface area contributed by atoms with Gasteiger partial charge in [0.1, 0.15) is 11.4 Å². The van der Waals surface area contributed by atoms with Crippen molar-refractivity contribution >= 4 is 33.1 Å². The van der Waals surface area contributed by atoms with Crippen LogP contribution in [-0.4, -0.2) is 15.5 Å². The number of aryl methyl sites for hydroxylation is 5. The number of carbonyl (C=O) groups excluding carboxylic acids is 1. The monoisotopic (exact) mass is 431 g/mol. The molecule has 0 bridgehead atoms. The Bertz CT molecular complexity index is 1380. The molecule has 0 radical (unpaired) electrons. The van der Waals surface area contributed by atoms with E-state index in [1.807, 2.05) is 52.8 Å². The smallest absolute Gasteiger partial charge is 0.263 e. The van der Waals surface area contributed by atoms with E-state index in [4.69, 9.17) is 0 Å². The molecule has 1 amide bonds. The van der Waals surface area contributed by atoms with Crippen LogP contribution in [0.4, 0.5) is 5.69 Å². The lowest BCUT2D eigenvalue weighted by Gasteiger charge is -2.11. The van der Waals surface area contributed by atoms with Gasteiger partial charge in [0, 0.05) is 16.1 Å². The molecule has 1 N–H and O–H groups in total. The van der Waals surface area contributed by atoms with Crippen molar-refractivity contribution in [2.75, 3.05) is 5.32 Å². The lowest BCUT2D eigenvalue weighted by molar-refractivity contribution is -0.116. The van der Waals surface area contributed by atoms with Crippen molar-refractivity contribution in [1.82, 2.24) is 9.55 Å². The van der Waals surface area contributed by atoms with E-state index in [1.165, 1.54) is 22.2 Å². The van der Waals surface area contributed by atoms with Crippen molar-refractivity contribution in [1.29, 1.82) is 0 Å². The van der Waals surface area contributed by atoms with Crippen LogP contribution in [0.1, 0.15) is 27.1 Å². The predicted octanol–water partition coefficient (Wildman–Crippen LogP) is 5.31. The number of nitrogens with one attached hydrogen (secondary N) is 1. The second-order valence-electron chi connectivity index (χ2n) is 8.08. The molecule has 0 saturated heterocycles. The molecular formula is C25H25N3O2S. The Morgan fingerprint density at radius 2 is 1.71 bits per heavy atom. The summed E-state index contributed by atoms with van der Waals surface area (Å²) in [6.45, 7) is 9.98. The van der Waals surface area contributed by atoms with Crippen molar-refractivity contribution < 1.29 is 4.79 Å². The van der Waals surface area contributed by atoms with Gasteiger partial charge in [0.05, 0.1) is 11.7 Å². The van der Waals surface area contributed by atoms with Crippen molar-refractivity contribution in [2.24, 2.45) is 0 Å². The summed E-state index contributed by atoms with van der Waals surface area (Å²) in [5.41, 5.74) is 6.88. The first-order valence-corrected chi connectivity index (χ1v) is 11.0. The van der Waals surface area contributed by atoms with Gasteiger partial charge in [-0.1, -0.05) is 41.5 Å². The number of rotatable bonds is 4. The van der Waals surface area contributed by atoms with E-state index < -0.39 is 0 Å². The molecule has 0 aliphatic rings.